The van der Waals surface area contributed by atoms with Crippen molar-refractivity contribution in [3.05, 3.63) is 53.6 Å². The highest BCUT2D eigenvalue weighted by Crippen LogP contribution is 2.34. The number of benzene rings is 2. The van der Waals surface area contributed by atoms with Gasteiger partial charge in [-0.05, 0) is 61.3 Å². The number of aromatic hydroxyl groups is 1. The Bertz CT molecular complexity index is 594. The first-order valence-corrected chi connectivity index (χ1v) is 7.80. The summed E-state index contributed by atoms with van der Waals surface area (Å²) in [4.78, 5) is 4.92. The van der Waals surface area contributed by atoms with Crippen molar-refractivity contribution >= 4 is 11.8 Å². The Labute approximate surface area is 124 Å². The summed E-state index contributed by atoms with van der Waals surface area (Å²) in [5, 5.41) is 9.37. The van der Waals surface area contributed by atoms with E-state index < -0.39 is 0 Å². The van der Waals surface area contributed by atoms with Gasteiger partial charge in [0.1, 0.15) is 5.75 Å². The minimum atomic E-state index is 0.322. The van der Waals surface area contributed by atoms with Crippen LogP contribution in [0, 0.1) is 0 Å². The number of phenols is 1. The summed E-state index contributed by atoms with van der Waals surface area (Å²) in [5.41, 5.74) is 2.98. The van der Waals surface area contributed by atoms with Crippen LogP contribution in [-0.4, -0.2) is 30.1 Å². The van der Waals surface area contributed by atoms with Gasteiger partial charge in [0.25, 0.3) is 0 Å². The van der Waals surface area contributed by atoms with E-state index in [-0.39, 0.29) is 0 Å². The van der Waals surface area contributed by atoms with Crippen molar-refractivity contribution in [2.24, 2.45) is 0 Å². The summed E-state index contributed by atoms with van der Waals surface area (Å²) in [5.74, 6) is 0.322. The van der Waals surface area contributed by atoms with E-state index in [2.05, 4.69) is 30.1 Å². The van der Waals surface area contributed by atoms with Crippen molar-refractivity contribution < 1.29 is 5.11 Å². The second-order valence-electron chi connectivity index (χ2n) is 5.29. The zero-order chi connectivity index (χ0) is 13.9. The summed E-state index contributed by atoms with van der Waals surface area (Å²) in [6.07, 6.45) is 2.25. The van der Waals surface area contributed by atoms with E-state index >= 15 is 0 Å². The van der Waals surface area contributed by atoms with Crippen molar-refractivity contribution in [2.75, 3.05) is 20.1 Å². The van der Waals surface area contributed by atoms with Crippen molar-refractivity contribution in [2.45, 2.75) is 22.6 Å². The standard InChI is InChI=1S/C17H19NOS/c1-18-11-9-13-3-2-4-17(16(13)10-12-18)20-15-7-5-14(19)6-8-15/h2-8,19H,9-12H2,1H3. The molecule has 2 nitrogen and oxygen atoms in total. The Morgan fingerprint density at radius 1 is 1.00 bits per heavy atom. The molecule has 0 unspecified atom stereocenters. The lowest BCUT2D eigenvalue weighted by atomic mass is 10.0. The second-order valence-corrected chi connectivity index (χ2v) is 6.41. The van der Waals surface area contributed by atoms with Crippen molar-refractivity contribution in [1.82, 2.24) is 4.90 Å². The number of nitrogens with zero attached hydrogens (tertiary/aromatic N) is 1. The predicted molar refractivity (Wildman–Crippen MR) is 83.6 cm³/mol. The third-order valence-corrected chi connectivity index (χ3v) is 4.91. The SMILES string of the molecule is CN1CCc2cccc(Sc3ccc(O)cc3)c2CC1. The van der Waals surface area contributed by atoms with E-state index in [4.69, 9.17) is 0 Å². The Morgan fingerprint density at radius 2 is 1.75 bits per heavy atom. The third kappa shape index (κ3) is 3.00. The van der Waals surface area contributed by atoms with E-state index in [1.807, 2.05) is 12.1 Å². The van der Waals surface area contributed by atoms with Gasteiger partial charge in [-0.3, -0.25) is 0 Å². The van der Waals surface area contributed by atoms with E-state index in [0.717, 1.165) is 25.9 Å². The molecule has 104 valence electrons. The molecule has 0 saturated heterocycles. The molecule has 3 rings (SSSR count). The Hall–Kier alpha value is -1.45. The molecule has 2 aromatic rings. The summed E-state index contributed by atoms with van der Waals surface area (Å²) in [6, 6.07) is 14.1. The molecule has 0 atom stereocenters. The quantitative estimate of drug-likeness (QED) is 0.912. The lowest BCUT2D eigenvalue weighted by molar-refractivity contribution is 0.352. The topological polar surface area (TPSA) is 23.5 Å². The molecule has 1 aliphatic rings. The Morgan fingerprint density at radius 3 is 2.55 bits per heavy atom. The average molecular weight is 285 g/mol. The zero-order valence-corrected chi connectivity index (χ0v) is 12.5. The van der Waals surface area contributed by atoms with Gasteiger partial charge in [-0.15, -0.1) is 0 Å². The molecule has 1 heterocycles. The van der Waals surface area contributed by atoms with Gasteiger partial charge in [0.15, 0.2) is 0 Å². The molecule has 2 aromatic carbocycles. The molecule has 3 heteroatoms. The lowest BCUT2D eigenvalue weighted by Gasteiger charge is -2.12. The van der Waals surface area contributed by atoms with E-state index in [1.54, 1.807) is 23.9 Å². The highest BCUT2D eigenvalue weighted by molar-refractivity contribution is 7.99. The van der Waals surface area contributed by atoms with Crippen molar-refractivity contribution in [3.8, 4) is 5.75 Å². The van der Waals surface area contributed by atoms with Gasteiger partial charge in [0.05, 0.1) is 0 Å². The number of fused-ring (bicyclic) bond motifs is 1. The number of hydrogen-bond acceptors (Lipinski definition) is 3. The summed E-state index contributed by atoms with van der Waals surface area (Å²) < 4.78 is 0. The molecule has 0 saturated carbocycles. The van der Waals surface area contributed by atoms with E-state index in [9.17, 15) is 5.11 Å². The van der Waals surface area contributed by atoms with Crippen molar-refractivity contribution in [1.29, 1.82) is 0 Å². The van der Waals surface area contributed by atoms with Gasteiger partial charge < -0.3 is 10.0 Å². The molecule has 0 amide bonds. The fraction of sp³-hybridized carbons (Fsp3) is 0.294. The molecule has 20 heavy (non-hydrogen) atoms. The first-order valence-electron chi connectivity index (χ1n) is 6.98. The van der Waals surface area contributed by atoms with E-state index in [1.165, 1.54) is 20.9 Å². The number of phenolic OH excluding ortho intramolecular Hbond substituents is 1. The molecule has 1 aliphatic heterocycles. The zero-order valence-electron chi connectivity index (χ0n) is 11.7. The highest BCUT2D eigenvalue weighted by atomic mass is 32.2. The molecule has 1 N–H and O–H groups in total. The first-order chi connectivity index (χ1) is 9.72. The molecule has 0 radical (unpaired) electrons. The third-order valence-electron chi connectivity index (χ3n) is 3.80. The van der Waals surface area contributed by atoms with Gasteiger partial charge >= 0.3 is 0 Å². The van der Waals surface area contributed by atoms with Crippen LogP contribution in [0.4, 0.5) is 0 Å². The molecular formula is C17H19NOS. The fourth-order valence-corrected chi connectivity index (χ4v) is 3.62. The highest BCUT2D eigenvalue weighted by Gasteiger charge is 2.14. The fourth-order valence-electron chi connectivity index (χ4n) is 2.59. The molecule has 0 spiro atoms. The van der Waals surface area contributed by atoms with E-state index in [0.29, 0.717) is 5.75 Å². The Balaban J connectivity index is 1.89. The van der Waals surface area contributed by atoms with Crippen LogP contribution >= 0.6 is 11.8 Å². The second kappa shape index (κ2) is 5.90. The number of hydrogen-bond donors (Lipinski definition) is 1. The van der Waals surface area contributed by atoms with Crippen LogP contribution in [0.1, 0.15) is 11.1 Å². The van der Waals surface area contributed by atoms with Gasteiger partial charge in [0.2, 0.25) is 0 Å². The minimum Gasteiger partial charge on any atom is -0.508 e. The summed E-state index contributed by atoms with van der Waals surface area (Å²) >= 11 is 1.79. The van der Waals surface area contributed by atoms with Crippen LogP contribution < -0.4 is 0 Å². The largest absolute Gasteiger partial charge is 0.508 e. The number of likely N-dealkylation sites (N-methyl/N-ethyl adjacent to an activating group) is 1. The summed E-state index contributed by atoms with van der Waals surface area (Å²) in [7, 11) is 2.19. The van der Waals surface area contributed by atoms with Crippen LogP contribution in [0.25, 0.3) is 0 Å². The van der Waals surface area contributed by atoms with Crippen LogP contribution in [0.2, 0.25) is 0 Å². The molecule has 0 fully saturated rings. The first kappa shape index (κ1) is 13.5. The molecule has 0 aromatic heterocycles. The molecule has 0 bridgehead atoms. The normalized spacial score (nSPS) is 15.7. The van der Waals surface area contributed by atoms with Crippen molar-refractivity contribution in [3.63, 3.8) is 0 Å². The average Bonchev–Trinajstić information content (AvgIpc) is 2.65. The van der Waals surface area contributed by atoms with Gasteiger partial charge in [-0.1, -0.05) is 23.9 Å². The van der Waals surface area contributed by atoms with Gasteiger partial charge in [0, 0.05) is 22.9 Å². The van der Waals surface area contributed by atoms with Crippen LogP contribution in [0.5, 0.6) is 5.75 Å². The molecule has 0 aliphatic carbocycles. The smallest absolute Gasteiger partial charge is 0.115 e. The lowest BCUT2D eigenvalue weighted by Crippen LogP contribution is -2.20. The maximum Gasteiger partial charge on any atom is 0.115 e. The summed E-state index contributed by atoms with van der Waals surface area (Å²) in [6.45, 7) is 2.26. The van der Waals surface area contributed by atoms with Gasteiger partial charge in [-0.2, -0.15) is 0 Å². The monoisotopic (exact) mass is 285 g/mol. The Kier molecular flexibility index (Phi) is 3.99. The van der Waals surface area contributed by atoms with Crippen LogP contribution in [-0.2, 0) is 12.8 Å². The van der Waals surface area contributed by atoms with Gasteiger partial charge in [-0.25, -0.2) is 0 Å². The number of rotatable bonds is 2. The molecular weight excluding hydrogens is 266 g/mol. The maximum absolute atomic E-state index is 9.37. The predicted octanol–water partition coefficient (Wildman–Crippen LogP) is 3.57. The maximum atomic E-state index is 9.37. The minimum absolute atomic E-state index is 0.322. The van der Waals surface area contributed by atoms with Crippen LogP contribution in [0.15, 0.2) is 52.3 Å². The van der Waals surface area contributed by atoms with Crippen LogP contribution in [0.3, 0.4) is 0 Å².